The highest BCUT2D eigenvalue weighted by molar-refractivity contribution is 7.00. The predicted octanol–water partition coefficient (Wildman–Crippen LogP) is 6.11. The van der Waals surface area contributed by atoms with E-state index in [0.29, 0.717) is 6.71 Å². The highest BCUT2D eigenvalue weighted by Crippen LogP contribution is 2.48. The first-order valence-electron chi connectivity index (χ1n) is 14.3. The van der Waals surface area contributed by atoms with Crippen molar-refractivity contribution < 1.29 is 0 Å². The zero-order valence-corrected chi connectivity index (χ0v) is 24.3. The quantitative estimate of drug-likeness (QED) is 0.352. The van der Waals surface area contributed by atoms with Crippen molar-refractivity contribution in [1.82, 2.24) is 0 Å². The van der Waals surface area contributed by atoms with E-state index < -0.39 is 0 Å². The maximum absolute atomic E-state index is 2.69. The van der Waals surface area contributed by atoms with Gasteiger partial charge in [0.2, 0.25) is 0 Å². The number of benzene rings is 3. The Morgan fingerprint density at radius 2 is 1.03 bits per heavy atom. The summed E-state index contributed by atoms with van der Waals surface area (Å²) in [5.41, 5.74) is 18.6. The van der Waals surface area contributed by atoms with Gasteiger partial charge in [-0.25, -0.2) is 0 Å². The van der Waals surface area contributed by atoms with Crippen LogP contribution < -0.4 is 26.2 Å². The Labute approximate surface area is 224 Å². The fourth-order valence-electron chi connectivity index (χ4n) is 7.75. The van der Waals surface area contributed by atoms with Crippen LogP contribution in [0, 0.1) is 0 Å². The molecule has 3 heteroatoms. The largest absolute Gasteiger partial charge is 0.342 e. The summed E-state index contributed by atoms with van der Waals surface area (Å²) in [5.74, 6) is 0. The van der Waals surface area contributed by atoms with E-state index in [9.17, 15) is 0 Å². The zero-order valence-electron chi connectivity index (χ0n) is 24.3. The first-order valence-corrected chi connectivity index (χ1v) is 14.3. The minimum absolute atomic E-state index is 0.104. The summed E-state index contributed by atoms with van der Waals surface area (Å²) in [6.45, 7) is 23.8. The topological polar surface area (TPSA) is 6.48 Å². The molecule has 3 aromatic carbocycles. The summed E-state index contributed by atoms with van der Waals surface area (Å²) in [6, 6.07) is 15.0. The van der Waals surface area contributed by atoms with E-state index in [1.54, 1.807) is 16.6 Å². The molecular weight excluding hydrogens is 447 g/mol. The minimum atomic E-state index is 0.104. The van der Waals surface area contributed by atoms with Gasteiger partial charge in [0.05, 0.1) is 0 Å². The lowest BCUT2D eigenvalue weighted by Crippen LogP contribution is -2.62. The number of anilines is 4. The van der Waals surface area contributed by atoms with Gasteiger partial charge in [0, 0.05) is 35.8 Å². The molecule has 0 aromatic heterocycles. The normalized spacial score (nSPS) is 17.3. The Morgan fingerprint density at radius 1 is 0.595 bits per heavy atom. The number of hydrogen-bond donors (Lipinski definition) is 0. The van der Waals surface area contributed by atoms with Gasteiger partial charge in [-0.3, -0.25) is 0 Å². The molecule has 4 aliphatic heterocycles. The SMILES string of the molecule is CC(C)(C)c1cc2c3c(c1)N1CCc4c(C(C)(C)C)ccc(c41)B3c1ccc(C(C)(C)C)c3c1N2CC3. The molecule has 0 bridgehead atoms. The number of nitrogens with zero attached hydrogens (tertiary/aromatic N) is 2. The number of rotatable bonds is 0. The highest BCUT2D eigenvalue weighted by atomic mass is 15.2. The molecule has 0 N–H and O–H groups in total. The van der Waals surface area contributed by atoms with Gasteiger partial charge < -0.3 is 9.80 Å². The summed E-state index contributed by atoms with van der Waals surface area (Å²) in [5, 5.41) is 0. The maximum Gasteiger partial charge on any atom is 0.252 e. The van der Waals surface area contributed by atoms with Crippen molar-refractivity contribution in [3.8, 4) is 0 Å². The molecule has 190 valence electrons. The van der Waals surface area contributed by atoms with E-state index in [-0.39, 0.29) is 16.2 Å². The van der Waals surface area contributed by atoms with Crippen LogP contribution in [0.1, 0.15) is 90.1 Å². The van der Waals surface area contributed by atoms with Crippen molar-refractivity contribution in [3.05, 3.63) is 64.2 Å². The molecular formula is C34H41BN2. The lowest BCUT2D eigenvalue weighted by Gasteiger charge is -2.43. The van der Waals surface area contributed by atoms with Crippen molar-refractivity contribution in [3.63, 3.8) is 0 Å². The van der Waals surface area contributed by atoms with Gasteiger partial charge in [0.1, 0.15) is 0 Å². The van der Waals surface area contributed by atoms with Crippen LogP contribution in [0.4, 0.5) is 22.7 Å². The first-order chi connectivity index (χ1) is 17.3. The van der Waals surface area contributed by atoms with Crippen LogP contribution in [0.25, 0.3) is 0 Å². The lowest BCUT2D eigenvalue weighted by molar-refractivity contribution is 0.584. The molecule has 7 rings (SSSR count). The van der Waals surface area contributed by atoms with Crippen LogP contribution in [0.3, 0.4) is 0 Å². The van der Waals surface area contributed by atoms with Crippen LogP contribution >= 0.6 is 0 Å². The van der Waals surface area contributed by atoms with E-state index in [4.69, 9.17) is 0 Å². The van der Waals surface area contributed by atoms with Gasteiger partial charge in [0.25, 0.3) is 6.71 Å². The summed E-state index contributed by atoms with van der Waals surface area (Å²) < 4.78 is 0. The smallest absolute Gasteiger partial charge is 0.252 e. The van der Waals surface area contributed by atoms with Crippen molar-refractivity contribution in [2.24, 2.45) is 0 Å². The molecule has 4 heterocycles. The fraction of sp³-hybridized carbons (Fsp3) is 0.471. The summed E-state index contributed by atoms with van der Waals surface area (Å²) in [7, 11) is 0. The van der Waals surface area contributed by atoms with Crippen LogP contribution in [-0.2, 0) is 29.1 Å². The molecule has 3 aromatic rings. The van der Waals surface area contributed by atoms with Gasteiger partial charge >= 0.3 is 0 Å². The minimum Gasteiger partial charge on any atom is -0.342 e. The van der Waals surface area contributed by atoms with E-state index in [0.717, 1.165) is 25.9 Å². The Bertz CT molecular complexity index is 1390. The Kier molecular flexibility index (Phi) is 4.46. The molecule has 0 atom stereocenters. The summed E-state index contributed by atoms with van der Waals surface area (Å²) in [4.78, 5) is 5.38. The molecule has 0 unspecified atom stereocenters. The average Bonchev–Trinajstić information content (AvgIpc) is 3.43. The molecule has 0 saturated carbocycles. The molecule has 37 heavy (non-hydrogen) atoms. The van der Waals surface area contributed by atoms with Gasteiger partial charge in [0.15, 0.2) is 0 Å². The summed E-state index contributed by atoms with van der Waals surface area (Å²) in [6.07, 6.45) is 2.28. The third-order valence-electron chi connectivity index (χ3n) is 9.45. The zero-order chi connectivity index (χ0) is 26.2. The number of fused-ring (bicyclic) bond motifs is 4. The van der Waals surface area contributed by atoms with Crippen molar-refractivity contribution in [2.75, 3.05) is 22.9 Å². The monoisotopic (exact) mass is 488 g/mol. The molecule has 0 fully saturated rings. The summed E-state index contributed by atoms with van der Waals surface area (Å²) >= 11 is 0. The molecule has 0 aliphatic carbocycles. The number of hydrogen-bond acceptors (Lipinski definition) is 2. The molecule has 0 radical (unpaired) electrons. The van der Waals surface area contributed by atoms with Gasteiger partial charge in [-0.05, 0) is 85.4 Å². The average molecular weight is 489 g/mol. The first kappa shape index (κ1) is 23.4. The van der Waals surface area contributed by atoms with Crippen molar-refractivity contribution in [2.45, 2.75) is 91.4 Å². The Morgan fingerprint density at radius 3 is 1.41 bits per heavy atom. The third kappa shape index (κ3) is 3.06. The van der Waals surface area contributed by atoms with Crippen LogP contribution in [-0.4, -0.2) is 19.8 Å². The van der Waals surface area contributed by atoms with Crippen molar-refractivity contribution in [1.29, 1.82) is 0 Å². The second-order valence-electron chi connectivity index (χ2n) is 15.0. The predicted molar refractivity (Wildman–Crippen MR) is 162 cm³/mol. The molecule has 2 nitrogen and oxygen atoms in total. The molecule has 4 aliphatic rings. The second kappa shape index (κ2) is 7.04. The van der Waals surface area contributed by atoms with Crippen LogP contribution in [0.2, 0.25) is 0 Å². The highest BCUT2D eigenvalue weighted by Gasteiger charge is 2.48. The third-order valence-corrected chi connectivity index (χ3v) is 9.45. The van der Waals surface area contributed by atoms with E-state index in [1.807, 2.05) is 0 Å². The van der Waals surface area contributed by atoms with E-state index >= 15 is 0 Å². The second-order valence-corrected chi connectivity index (χ2v) is 15.0. The molecule has 0 spiro atoms. The molecule has 0 amide bonds. The van der Waals surface area contributed by atoms with E-state index in [2.05, 4.69) is 109 Å². The standard InChI is InChI=1S/C34H41BN2/c1-32(2,3)20-18-27-29-28(19-20)37-17-15-22-24(34(7,8)9)11-13-26(31(22)37)35(29)25-12-10-23(33(4,5)6)21-14-16-36(27)30(21)25/h10-13,18-19H,14-17H2,1-9H3. The fourth-order valence-corrected chi connectivity index (χ4v) is 7.75. The Hall–Kier alpha value is -2.68. The molecule has 0 saturated heterocycles. The van der Waals surface area contributed by atoms with Crippen LogP contribution in [0.5, 0.6) is 0 Å². The van der Waals surface area contributed by atoms with Gasteiger partial charge in [-0.2, -0.15) is 0 Å². The lowest BCUT2D eigenvalue weighted by atomic mass is 9.33. The maximum atomic E-state index is 2.69. The van der Waals surface area contributed by atoms with E-state index in [1.165, 1.54) is 50.4 Å². The van der Waals surface area contributed by atoms with Gasteiger partial charge in [-0.1, -0.05) is 86.6 Å². The Balaban J connectivity index is 1.58. The van der Waals surface area contributed by atoms with Gasteiger partial charge in [-0.15, -0.1) is 0 Å². The van der Waals surface area contributed by atoms with Crippen LogP contribution in [0.15, 0.2) is 36.4 Å². The van der Waals surface area contributed by atoms with Crippen molar-refractivity contribution >= 4 is 45.9 Å².